The molecule has 7 nitrogen and oxygen atoms in total. The molecule has 2 saturated heterocycles. The number of alkyl carbamates (subject to hydrolysis) is 1. The standard InChI is InChI=1S/C33H41N3O4S/c1-33(27-14-8-4-9-15-27,25-35(2)41(38,39)31-16-10-5-11-17-31)20-21-36-29-18-19-30(36)23-28(22-29)34-32(37)40-24-26-12-6-3-7-13-26/h3-17,28-30H,18-25H2,1-2H3,(H,34,37)/t28?,29?,30?,33-/m1/s1. The molecular formula is C33H41N3O4S. The van der Waals surface area contributed by atoms with Gasteiger partial charge < -0.3 is 10.1 Å². The minimum atomic E-state index is -3.61. The van der Waals surface area contributed by atoms with Gasteiger partial charge in [-0.25, -0.2) is 17.5 Å². The van der Waals surface area contributed by atoms with Gasteiger partial charge in [0.1, 0.15) is 6.61 Å². The summed E-state index contributed by atoms with van der Waals surface area (Å²) < 4.78 is 33.7. The van der Waals surface area contributed by atoms with Crippen LogP contribution in [0.4, 0.5) is 4.79 Å². The number of fused-ring (bicyclic) bond motifs is 2. The van der Waals surface area contributed by atoms with Crippen LogP contribution >= 0.6 is 0 Å². The second kappa shape index (κ2) is 12.8. The van der Waals surface area contributed by atoms with E-state index in [-0.39, 0.29) is 24.2 Å². The maximum atomic E-state index is 13.4. The predicted octanol–water partition coefficient (Wildman–Crippen LogP) is 5.58. The summed E-state index contributed by atoms with van der Waals surface area (Å²) in [5.41, 5.74) is 1.74. The number of nitrogens with one attached hydrogen (secondary N) is 1. The Kier molecular flexibility index (Phi) is 9.12. The molecule has 41 heavy (non-hydrogen) atoms. The van der Waals surface area contributed by atoms with Crippen LogP contribution in [0.15, 0.2) is 95.9 Å². The fourth-order valence-electron chi connectivity index (χ4n) is 6.57. The SMILES string of the molecule is CN(C[C@@](C)(CCN1C2CCC1CC(NC(=O)OCc1ccccc1)C2)c1ccccc1)S(=O)(=O)c1ccccc1. The molecule has 0 radical (unpaired) electrons. The molecule has 0 spiro atoms. The molecule has 0 saturated carbocycles. The van der Waals surface area contributed by atoms with Crippen molar-refractivity contribution in [3.05, 3.63) is 102 Å². The molecule has 3 atom stereocenters. The number of ether oxygens (including phenoxy) is 1. The van der Waals surface area contributed by atoms with Gasteiger partial charge in [0.2, 0.25) is 10.0 Å². The molecule has 2 aliphatic heterocycles. The van der Waals surface area contributed by atoms with Crippen molar-refractivity contribution in [1.82, 2.24) is 14.5 Å². The first kappa shape index (κ1) is 29.3. The lowest BCUT2D eigenvalue weighted by Crippen LogP contribution is -2.51. The summed E-state index contributed by atoms with van der Waals surface area (Å²) in [6.07, 6.45) is 4.52. The lowest BCUT2D eigenvalue weighted by atomic mass is 9.79. The molecule has 1 N–H and O–H groups in total. The van der Waals surface area contributed by atoms with Gasteiger partial charge in [-0.2, -0.15) is 0 Å². The van der Waals surface area contributed by atoms with Crippen LogP contribution in [0.2, 0.25) is 0 Å². The van der Waals surface area contributed by atoms with Gasteiger partial charge in [0.05, 0.1) is 4.90 Å². The van der Waals surface area contributed by atoms with Crippen molar-refractivity contribution in [3.8, 4) is 0 Å². The van der Waals surface area contributed by atoms with Gasteiger partial charge in [0, 0.05) is 37.1 Å². The monoisotopic (exact) mass is 575 g/mol. The van der Waals surface area contributed by atoms with Crippen LogP contribution in [-0.2, 0) is 26.8 Å². The van der Waals surface area contributed by atoms with E-state index < -0.39 is 10.0 Å². The van der Waals surface area contributed by atoms with E-state index in [1.807, 2.05) is 54.6 Å². The highest BCUT2D eigenvalue weighted by Crippen LogP contribution is 2.38. The Balaban J connectivity index is 1.21. The minimum Gasteiger partial charge on any atom is -0.445 e. The average Bonchev–Trinajstić information content (AvgIpc) is 3.24. The zero-order chi connectivity index (χ0) is 28.9. The Bertz CT molecular complexity index is 1370. The molecule has 0 aliphatic carbocycles. The fourth-order valence-corrected chi connectivity index (χ4v) is 7.88. The number of carbonyl (C=O) groups is 1. The zero-order valence-electron chi connectivity index (χ0n) is 24.0. The quantitative estimate of drug-likeness (QED) is 0.323. The van der Waals surface area contributed by atoms with Crippen molar-refractivity contribution in [2.75, 3.05) is 20.1 Å². The van der Waals surface area contributed by atoms with Crippen molar-refractivity contribution in [3.63, 3.8) is 0 Å². The minimum absolute atomic E-state index is 0.106. The third-order valence-corrected chi connectivity index (χ3v) is 10.7. The first-order chi connectivity index (χ1) is 19.7. The number of nitrogens with zero attached hydrogens (tertiary/aromatic N) is 2. The van der Waals surface area contributed by atoms with Crippen LogP contribution in [0, 0.1) is 0 Å². The van der Waals surface area contributed by atoms with Gasteiger partial charge in [0.25, 0.3) is 0 Å². The number of hydrogen-bond acceptors (Lipinski definition) is 5. The molecular weight excluding hydrogens is 534 g/mol. The Hall–Kier alpha value is -3.20. The fraction of sp³-hybridized carbons (Fsp3) is 0.424. The smallest absolute Gasteiger partial charge is 0.407 e. The Labute approximate surface area is 244 Å². The second-order valence-corrected chi connectivity index (χ2v) is 13.8. The van der Waals surface area contributed by atoms with Gasteiger partial charge in [0.15, 0.2) is 0 Å². The van der Waals surface area contributed by atoms with Crippen molar-refractivity contribution in [2.45, 2.75) is 74.1 Å². The topological polar surface area (TPSA) is 79.0 Å². The predicted molar refractivity (Wildman–Crippen MR) is 161 cm³/mol. The average molecular weight is 576 g/mol. The number of carbonyl (C=O) groups excluding carboxylic acids is 1. The van der Waals surface area contributed by atoms with Crippen LogP contribution in [0.3, 0.4) is 0 Å². The molecule has 5 rings (SSSR count). The molecule has 2 fully saturated rings. The van der Waals surface area contributed by atoms with E-state index in [0.29, 0.717) is 23.5 Å². The highest BCUT2D eigenvalue weighted by molar-refractivity contribution is 7.89. The molecule has 2 unspecified atom stereocenters. The summed E-state index contributed by atoms with van der Waals surface area (Å²) in [5.74, 6) is 0. The third kappa shape index (κ3) is 7.00. The van der Waals surface area contributed by atoms with Crippen molar-refractivity contribution < 1.29 is 17.9 Å². The van der Waals surface area contributed by atoms with Gasteiger partial charge in [-0.3, -0.25) is 4.90 Å². The molecule has 2 bridgehead atoms. The summed E-state index contributed by atoms with van der Waals surface area (Å²) in [4.78, 5) is 15.4. The first-order valence-electron chi connectivity index (χ1n) is 14.5. The molecule has 8 heteroatoms. The summed E-state index contributed by atoms with van der Waals surface area (Å²) >= 11 is 0. The first-order valence-corrected chi connectivity index (χ1v) is 16.0. The van der Waals surface area contributed by atoms with E-state index in [4.69, 9.17) is 4.74 Å². The second-order valence-electron chi connectivity index (χ2n) is 11.7. The van der Waals surface area contributed by atoms with Crippen LogP contribution in [0.25, 0.3) is 0 Å². The van der Waals surface area contributed by atoms with E-state index in [0.717, 1.165) is 49.8 Å². The number of amides is 1. The van der Waals surface area contributed by atoms with E-state index in [1.165, 1.54) is 4.31 Å². The molecule has 2 aliphatic rings. The van der Waals surface area contributed by atoms with E-state index in [9.17, 15) is 13.2 Å². The van der Waals surface area contributed by atoms with Crippen LogP contribution in [-0.4, -0.2) is 62.0 Å². The molecule has 2 heterocycles. The Morgan fingerprint density at radius 1 is 0.927 bits per heavy atom. The molecule has 3 aromatic rings. The summed E-state index contributed by atoms with van der Waals surface area (Å²) in [7, 11) is -1.92. The number of piperidine rings is 1. The van der Waals surface area contributed by atoms with Crippen molar-refractivity contribution in [1.29, 1.82) is 0 Å². The van der Waals surface area contributed by atoms with Gasteiger partial charge >= 0.3 is 6.09 Å². The molecule has 0 aromatic heterocycles. The summed E-state index contributed by atoms with van der Waals surface area (Å²) in [6.45, 7) is 3.71. The normalized spacial score (nSPS) is 22.3. The molecule has 218 valence electrons. The summed E-state index contributed by atoms with van der Waals surface area (Å²) in [5, 5.41) is 3.11. The summed E-state index contributed by atoms with van der Waals surface area (Å²) in [6, 6.07) is 29.5. The van der Waals surface area contributed by atoms with E-state index in [1.54, 1.807) is 31.3 Å². The number of rotatable bonds is 11. The van der Waals surface area contributed by atoms with E-state index in [2.05, 4.69) is 29.3 Å². The van der Waals surface area contributed by atoms with Gasteiger partial charge in [-0.15, -0.1) is 0 Å². The van der Waals surface area contributed by atoms with Crippen LogP contribution in [0.5, 0.6) is 0 Å². The molecule has 1 amide bonds. The number of hydrogen-bond donors (Lipinski definition) is 1. The molecule has 3 aromatic carbocycles. The van der Waals surface area contributed by atoms with E-state index >= 15 is 0 Å². The lowest BCUT2D eigenvalue weighted by Gasteiger charge is -2.42. The highest BCUT2D eigenvalue weighted by atomic mass is 32.2. The zero-order valence-corrected chi connectivity index (χ0v) is 24.8. The maximum absolute atomic E-state index is 13.4. The highest BCUT2D eigenvalue weighted by Gasteiger charge is 2.42. The maximum Gasteiger partial charge on any atom is 0.407 e. The van der Waals surface area contributed by atoms with Crippen molar-refractivity contribution in [2.24, 2.45) is 0 Å². The van der Waals surface area contributed by atoms with Gasteiger partial charge in [-0.05, 0) is 61.9 Å². The third-order valence-electron chi connectivity index (χ3n) is 8.83. The Morgan fingerprint density at radius 2 is 1.49 bits per heavy atom. The number of benzene rings is 3. The van der Waals surface area contributed by atoms with Crippen LogP contribution < -0.4 is 5.32 Å². The van der Waals surface area contributed by atoms with Crippen molar-refractivity contribution >= 4 is 16.1 Å². The largest absolute Gasteiger partial charge is 0.445 e. The van der Waals surface area contributed by atoms with Gasteiger partial charge in [-0.1, -0.05) is 85.8 Å². The number of likely N-dealkylation sites (N-methyl/N-ethyl adjacent to an activating group) is 1. The Morgan fingerprint density at radius 3 is 2.10 bits per heavy atom. The number of sulfonamides is 1. The van der Waals surface area contributed by atoms with Crippen LogP contribution in [0.1, 0.15) is 50.2 Å². The lowest BCUT2D eigenvalue weighted by molar-refractivity contribution is 0.0938.